The Balaban J connectivity index is 0.000000205. The molecule has 6 rings (SSSR count). The maximum Gasteiger partial charge on any atom is 0.102 e. The van der Waals surface area contributed by atoms with E-state index in [1.807, 2.05) is 0 Å². The first-order valence-electron chi connectivity index (χ1n) is 13.3. The summed E-state index contributed by atoms with van der Waals surface area (Å²) in [5.41, 5.74) is 0. The fourth-order valence-electron chi connectivity index (χ4n) is 4.63. The number of rotatable bonds is 6. The van der Waals surface area contributed by atoms with E-state index in [0.29, 0.717) is 0 Å². The first kappa shape index (κ1) is 36.1. The van der Waals surface area contributed by atoms with Crippen LogP contribution in [0.15, 0.2) is 182 Å². The second kappa shape index (κ2) is 22.2. The monoisotopic (exact) mass is 892 g/mol. The van der Waals surface area contributed by atoms with Gasteiger partial charge in [0.05, 0.1) is 15.8 Å². The molecule has 0 amide bonds. The van der Waals surface area contributed by atoms with Crippen LogP contribution in [0.3, 0.4) is 0 Å². The van der Waals surface area contributed by atoms with Crippen molar-refractivity contribution in [3.8, 4) is 0 Å². The Labute approximate surface area is 294 Å². The van der Waals surface area contributed by atoms with Gasteiger partial charge in [0.15, 0.2) is 0 Å². The standard InChI is InChI=1S/2C18H15P.2ClH.Cu.HI.Pd/c2*1-4-10-16(11-5-1)19(17-12-6-2-7-13-17)18-14-8-3-9-15-18;;;;;/h2*1-15H;2*1H;;1H;/q;;;;+1;;+2/p-1. The van der Waals surface area contributed by atoms with Crippen LogP contribution in [-0.2, 0) is 28.7 Å². The summed E-state index contributed by atoms with van der Waals surface area (Å²) >= 11 is 5.76. The molecule has 0 nitrogen and oxygen atoms in total. The van der Waals surface area contributed by atoms with Crippen molar-refractivity contribution in [2.75, 3.05) is 0 Å². The molecule has 0 bridgehead atoms. The normalized spacial score (nSPS) is 10.0. The Morgan fingerprint density at radius 2 is 0.442 bits per heavy atom. The quantitative estimate of drug-likeness (QED) is 0.0894. The van der Waals surface area contributed by atoms with Gasteiger partial charge in [0.2, 0.25) is 0 Å². The van der Waals surface area contributed by atoms with Crippen LogP contribution in [0.2, 0.25) is 0 Å². The van der Waals surface area contributed by atoms with Gasteiger partial charge < -0.3 is 0 Å². The van der Waals surface area contributed by atoms with Crippen LogP contribution < -0.4 is 31.8 Å². The first-order chi connectivity index (χ1) is 21.3. The van der Waals surface area contributed by atoms with E-state index < -0.39 is 15.8 Å². The summed E-state index contributed by atoms with van der Waals surface area (Å²) in [6, 6.07) is 65.0. The summed E-state index contributed by atoms with van der Waals surface area (Å²) in [6.45, 7) is 0. The van der Waals surface area contributed by atoms with Crippen molar-refractivity contribution in [3.63, 3.8) is 0 Å². The van der Waals surface area contributed by atoms with Crippen LogP contribution >= 0.6 is 55.2 Å². The van der Waals surface area contributed by atoms with E-state index in [9.17, 15) is 0 Å². The average Bonchev–Trinajstić information content (AvgIpc) is 3.10. The zero-order valence-corrected chi connectivity index (χ0v) is 31.2. The van der Waals surface area contributed by atoms with E-state index in [4.69, 9.17) is 19.1 Å². The molecule has 0 heterocycles. The second-order valence-electron chi connectivity index (χ2n) is 8.99. The van der Waals surface area contributed by atoms with Gasteiger partial charge >= 0.3 is 68.1 Å². The number of benzene rings is 6. The van der Waals surface area contributed by atoms with Crippen LogP contribution in [-0.4, -0.2) is 0 Å². The SMILES string of the molecule is [Cl][Pd][Cl].[Cu][I].c1ccc([PH+](c2ccccc2)c2ccccc2)cc1.c1ccc([PH+](c2ccccc2)c2ccccc2)cc1. The van der Waals surface area contributed by atoms with Gasteiger partial charge in [-0.2, -0.15) is 0 Å². The smallest absolute Gasteiger partial charge is 0.0620 e. The molecule has 0 saturated carbocycles. The van der Waals surface area contributed by atoms with Crippen molar-refractivity contribution in [2.45, 2.75) is 0 Å². The van der Waals surface area contributed by atoms with Crippen molar-refractivity contribution in [2.24, 2.45) is 0 Å². The Kier molecular flexibility index (Phi) is 18.7. The molecule has 43 heavy (non-hydrogen) atoms. The molecule has 0 aliphatic rings. The summed E-state index contributed by atoms with van der Waals surface area (Å²) < 4.78 is 0. The van der Waals surface area contributed by atoms with Crippen molar-refractivity contribution in [3.05, 3.63) is 182 Å². The molecule has 226 valence electrons. The third kappa shape index (κ3) is 12.2. The molecular formula is C36H32Cl2CuIP2Pd+2. The predicted molar refractivity (Wildman–Crippen MR) is 199 cm³/mol. The van der Waals surface area contributed by atoms with E-state index in [-0.39, 0.29) is 15.9 Å². The zero-order chi connectivity index (χ0) is 30.5. The van der Waals surface area contributed by atoms with E-state index in [1.165, 1.54) is 31.8 Å². The molecule has 0 radical (unpaired) electrons. The van der Waals surface area contributed by atoms with Gasteiger partial charge in [-0.15, -0.1) is 0 Å². The topological polar surface area (TPSA) is 0 Å². The van der Waals surface area contributed by atoms with Gasteiger partial charge in [0, 0.05) is 0 Å². The number of hydrogen-bond acceptors (Lipinski definition) is 0. The molecule has 0 aromatic heterocycles. The van der Waals surface area contributed by atoms with E-state index >= 15 is 0 Å². The van der Waals surface area contributed by atoms with Crippen molar-refractivity contribution >= 4 is 87.1 Å². The Hall–Kier alpha value is -1.33. The molecule has 6 aromatic rings. The molecule has 7 heteroatoms. The molecule has 0 aliphatic carbocycles. The Bertz CT molecular complexity index is 1210. The second-order valence-corrected chi connectivity index (χ2v) is 16.3. The zero-order valence-electron chi connectivity index (χ0n) is 23.1. The minimum Gasteiger partial charge on any atom is -0.0620 e. The van der Waals surface area contributed by atoms with Crippen LogP contribution in [0, 0.1) is 0 Å². The van der Waals surface area contributed by atoms with Gasteiger partial charge in [-0.3, -0.25) is 0 Å². The number of hydrogen-bond donors (Lipinski definition) is 0. The van der Waals surface area contributed by atoms with Crippen LogP contribution in [0.5, 0.6) is 0 Å². The molecular weight excluding hydrogens is 862 g/mol. The third-order valence-electron chi connectivity index (χ3n) is 6.37. The van der Waals surface area contributed by atoms with E-state index in [1.54, 1.807) is 20.3 Å². The molecule has 0 spiro atoms. The van der Waals surface area contributed by atoms with Gasteiger partial charge in [-0.05, 0) is 72.8 Å². The molecule has 0 unspecified atom stereocenters. The molecule has 0 N–H and O–H groups in total. The van der Waals surface area contributed by atoms with Crippen molar-refractivity contribution < 1.29 is 28.7 Å². The first-order valence-corrected chi connectivity index (χ1v) is 23.4. The average molecular weight is 894 g/mol. The minimum absolute atomic E-state index is 0.106. The predicted octanol–water partition coefficient (Wildman–Crippen LogP) is 8.61. The Morgan fingerprint density at radius 3 is 0.558 bits per heavy atom. The number of halogens is 3. The molecule has 0 fully saturated rings. The molecule has 0 aliphatic heterocycles. The van der Waals surface area contributed by atoms with Gasteiger partial charge in [0.1, 0.15) is 31.8 Å². The maximum absolute atomic E-state index is 4.81. The third-order valence-corrected chi connectivity index (χ3v) is 11.8. The van der Waals surface area contributed by atoms with E-state index in [0.717, 1.165) is 0 Å². The van der Waals surface area contributed by atoms with Gasteiger partial charge in [-0.1, -0.05) is 109 Å². The van der Waals surface area contributed by atoms with Gasteiger partial charge in [-0.25, -0.2) is 0 Å². The Morgan fingerprint density at radius 1 is 0.326 bits per heavy atom. The molecule has 0 saturated heterocycles. The minimum atomic E-state index is -0.877. The summed E-state index contributed by atoms with van der Waals surface area (Å²) in [5, 5.41) is 8.61. The molecule has 0 atom stereocenters. The van der Waals surface area contributed by atoms with Crippen molar-refractivity contribution in [1.82, 2.24) is 0 Å². The summed E-state index contributed by atoms with van der Waals surface area (Å²) in [7, 11) is 7.87. The summed E-state index contributed by atoms with van der Waals surface area (Å²) in [4.78, 5) is 0. The fraction of sp³-hybridized carbons (Fsp3) is 0. The van der Waals surface area contributed by atoms with Gasteiger partial charge in [0.25, 0.3) is 0 Å². The van der Waals surface area contributed by atoms with Crippen molar-refractivity contribution in [1.29, 1.82) is 0 Å². The van der Waals surface area contributed by atoms with E-state index in [2.05, 4.69) is 195 Å². The summed E-state index contributed by atoms with van der Waals surface area (Å²) in [6.07, 6.45) is 0. The fourth-order valence-corrected chi connectivity index (χ4v) is 9.78. The molecule has 6 aromatic carbocycles. The maximum atomic E-state index is 4.81. The largest absolute Gasteiger partial charge is 0.102 e. The van der Waals surface area contributed by atoms with Crippen LogP contribution in [0.25, 0.3) is 0 Å². The van der Waals surface area contributed by atoms with Crippen LogP contribution in [0.1, 0.15) is 0 Å². The van der Waals surface area contributed by atoms with Crippen LogP contribution in [0.4, 0.5) is 0 Å². The summed E-state index contributed by atoms with van der Waals surface area (Å²) in [5.74, 6) is 0.